The number of hydrogen-bond acceptors (Lipinski definition) is 7. The summed E-state index contributed by atoms with van der Waals surface area (Å²) < 4.78 is 5.02. The van der Waals surface area contributed by atoms with E-state index in [0.29, 0.717) is 0 Å². The largest absolute Gasteiger partial charge is 0.494 e. The molecule has 9 nitrogen and oxygen atoms in total. The van der Waals surface area contributed by atoms with Gasteiger partial charge in [0.2, 0.25) is 0 Å². The molecule has 9 heteroatoms. The minimum absolute atomic E-state index is 0.0235. The molecular formula is C12H11N5O4. The maximum atomic E-state index is 12.0. The lowest BCUT2D eigenvalue weighted by Gasteiger charge is -2.09. The van der Waals surface area contributed by atoms with Crippen LogP contribution in [0.2, 0.25) is 0 Å². The van der Waals surface area contributed by atoms with Crippen molar-refractivity contribution in [2.45, 2.75) is 0 Å². The van der Waals surface area contributed by atoms with E-state index >= 15 is 0 Å². The number of anilines is 2. The molecule has 0 fully saturated rings. The molecule has 2 aromatic rings. The Morgan fingerprint density at radius 2 is 2.19 bits per heavy atom. The number of rotatable bonds is 4. The lowest BCUT2D eigenvalue weighted by molar-refractivity contribution is -0.384. The Labute approximate surface area is 118 Å². The minimum Gasteiger partial charge on any atom is -0.494 e. The predicted molar refractivity (Wildman–Crippen MR) is 74.0 cm³/mol. The molecule has 1 heterocycles. The summed E-state index contributed by atoms with van der Waals surface area (Å²) >= 11 is 0. The van der Waals surface area contributed by atoms with Crippen LogP contribution in [-0.2, 0) is 0 Å². The van der Waals surface area contributed by atoms with Gasteiger partial charge in [0.05, 0.1) is 36.2 Å². The number of methoxy groups -OCH3 is 1. The molecule has 0 unspecified atom stereocenters. The normalized spacial score (nSPS) is 9.95. The fourth-order valence-electron chi connectivity index (χ4n) is 1.57. The highest BCUT2D eigenvalue weighted by Crippen LogP contribution is 2.29. The molecule has 108 valence electrons. The number of nitrogen functional groups attached to an aromatic ring is 1. The van der Waals surface area contributed by atoms with Crippen molar-refractivity contribution < 1.29 is 14.5 Å². The number of amides is 1. The van der Waals surface area contributed by atoms with Gasteiger partial charge in [-0.2, -0.15) is 0 Å². The van der Waals surface area contributed by atoms with Crippen LogP contribution in [0.1, 0.15) is 10.5 Å². The molecular weight excluding hydrogens is 278 g/mol. The standard InChI is InChI=1S/C12H11N5O4/c1-21-10-4-7(17(19)20)2-3-8(10)16-12(18)9-5-14-6-11(13)15-9/h2-6H,1H3,(H2,13,15)(H,16,18). The number of nitrogens with one attached hydrogen (secondary N) is 1. The Hall–Kier alpha value is -3.23. The van der Waals surface area contributed by atoms with Crippen LogP contribution in [0.4, 0.5) is 17.2 Å². The average molecular weight is 289 g/mol. The molecule has 0 radical (unpaired) electrons. The van der Waals surface area contributed by atoms with Crippen LogP contribution in [0.25, 0.3) is 0 Å². The van der Waals surface area contributed by atoms with E-state index in [0.717, 1.165) is 0 Å². The summed E-state index contributed by atoms with van der Waals surface area (Å²) in [7, 11) is 1.34. The van der Waals surface area contributed by atoms with Crippen LogP contribution in [0.15, 0.2) is 30.6 Å². The van der Waals surface area contributed by atoms with Gasteiger partial charge in [-0.1, -0.05) is 0 Å². The summed E-state index contributed by atoms with van der Waals surface area (Å²) in [5.41, 5.74) is 5.60. The second-order valence-corrected chi connectivity index (χ2v) is 3.92. The Morgan fingerprint density at radius 3 is 2.81 bits per heavy atom. The Balaban J connectivity index is 2.27. The lowest BCUT2D eigenvalue weighted by Crippen LogP contribution is -2.15. The molecule has 2 rings (SSSR count). The molecule has 1 aromatic heterocycles. The highest BCUT2D eigenvalue weighted by atomic mass is 16.6. The van der Waals surface area contributed by atoms with E-state index < -0.39 is 10.8 Å². The van der Waals surface area contributed by atoms with Gasteiger partial charge in [-0.25, -0.2) is 4.98 Å². The number of nitrogens with zero attached hydrogens (tertiary/aromatic N) is 3. The van der Waals surface area contributed by atoms with E-state index in [-0.39, 0.29) is 28.6 Å². The summed E-state index contributed by atoms with van der Waals surface area (Å²) in [4.78, 5) is 29.7. The van der Waals surface area contributed by atoms with Crippen molar-refractivity contribution in [1.82, 2.24) is 9.97 Å². The number of carbonyl (C=O) groups excluding carboxylic acids is 1. The zero-order valence-corrected chi connectivity index (χ0v) is 10.9. The molecule has 0 aliphatic heterocycles. The second-order valence-electron chi connectivity index (χ2n) is 3.92. The van der Waals surface area contributed by atoms with Crippen molar-refractivity contribution in [3.05, 3.63) is 46.4 Å². The molecule has 0 spiro atoms. The third-order valence-electron chi connectivity index (χ3n) is 2.53. The first kappa shape index (κ1) is 14.2. The first-order valence-electron chi connectivity index (χ1n) is 5.72. The van der Waals surface area contributed by atoms with E-state index in [2.05, 4.69) is 15.3 Å². The number of nitrogens with two attached hydrogens (primary N) is 1. The van der Waals surface area contributed by atoms with Crippen LogP contribution in [0.5, 0.6) is 5.75 Å². The summed E-state index contributed by atoms with van der Waals surface area (Å²) in [6, 6.07) is 3.83. The van der Waals surface area contributed by atoms with Gasteiger partial charge in [-0.15, -0.1) is 0 Å². The molecule has 3 N–H and O–H groups in total. The fourth-order valence-corrected chi connectivity index (χ4v) is 1.57. The predicted octanol–water partition coefficient (Wildman–Crippen LogP) is 1.23. The van der Waals surface area contributed by atoms with Crippen LogP contribution in [0, 0.1) is 10.1 Å². The number of nitro benzene ring substituents is 1. The van der Waals surface area contributed by atoms with Crippen molar-refractivity contribution in [1.29, 1.82) is 0 Å². The van der Waals surface area contributed by atoms with Crippen molar-refractivity contribution in [3.63, 3.8) is 0 Å². The van der Waals surface area contributed by atoms with E-state index in [1.54, 1.807) is 0 Å². The average Bonchev–Trinajstić information content (AvgIpc) is 2.47. The van der Waals surface area contributed by atoms with E-state index in [4.69, 9.17) is 10.5 Å². The van der Waals surface area contributed by atoms with E-state index in [1.807, 2.05) is 0 Å². The molecule has 21 heavy (non-hydrogen) atoms. The SMILES string of the molecule is COc1cc([N+](=O)[O-])ccc1NC(=O)c1cncc(N)n1. The van der Waals surface area contributed by atoms with Gasteiger partial charge < -0.3 is 15.8 Å². The summed E-state index contributed by atoms with van der Waals surface area (Å²) in [6.45, 7) is 0. The summed E-state index contributed by atoms with van der Waals surface area (Å²) in [5, 5.41) is 13.2. The zero-order valence-electron chi connectivity index (χ0n) is 10.9. The maximum Gasteiger partial charge on any atom is 0.276 e. The number of ether oxygens (including phenoxy) is 1. The van der Waals surface area contributed by atoms with Gasteiger partial charge in [-0.05, 0) is 6.07 Å². The fraction of sp³-hybridized carbons (Fsp3) is 0.0833. The van der Waals surface area contributed by atoms with Crippen molar-refractivity contribution in [2.75, 3.05) is 18.2 Å². The lowest BCUT2D eigenvalue weighted by atomic mass is 10.2. The van der Waals surface area contributed by atoms with Gasteiger partial charge in [0, 0.05) is 6.07 Å². The highest BCUT2D eigenvalue weighted by Gasteiger charge is 2.15. The maximum absolute atomic E-state index is 12.0. The Morgan fingerprint density at radius 1 is 1.43 bits per heavy atom. The Kier molecular flexibility index (Phi) is 3.93. The number of nitro groups is 1. The Bertz CT molecular complexity index is 704. The van der Waals surface area contributed by atoms with Crippen LogP contribution < -0.4 is 15.8 Å². The van der Waals surface area contributed by atoms with Crippen molar-refractivity contribution >= 4 is 23.1 Å². The van der Waals surface area contributed by atoms with Crippen LogP contribution in [-0.4, -0.2) is 27.9 Å². The number of benzene rings is 1. The third-order valence-corrected chi connectivity index (χ3v) is 2.53. The quantitative estimate of drug-likeness (QED) is 0.638. The highest BCUT2D eigenvalue weighted by molar-refractivity contribution is 6.03. The van der Waals surface area contributed by atoms with Gasteiger partial charge in [-0.3, -0.25) is 19.9 Å². The molecule has 0 saturated carbocycles. The number of non-ortho nitro benzene ring substituents is 1. The molecule has 1 aromatic carbocycles. The van der Waals surface area contributed by atoms with E-state index in [1.165, 1.54) is 37.7 Å². The van der Waals surface area contributed by atoms with Gasteiger partial charge >= 0.3 is 0 Å². The van der Waals surface area contributed by atoms with Crippen molar-refractivity contribution in [3.8, 4) is 5.75 Å². The topological polar surface area (TPSA) is 133 Å². The smallest absolute Gasteiger partial charge is 0.276 e. The molecule has 0 saturated heterocycles. The van der Waals surface area contributed by atoms with Gasteiger partial charge in [0.1, 0.15) is 17.3 Å². The van der Waals surface area contributed by atoms with Gasteiger partial charge in [0.15, 0.2) is 0 Å². The number of aromatic nitrogens is 2. The number of carbonyl (C=O) groups is 1. The second kappa shape index (κ2) is 5.82. The van der Waals surface area contributed by atoms with Gasteiger partial charge in [0.25, 0.3) is 11.6 Å². The van der Waals surface area contributed by atoms with E-state index in [9.17, 15) is 14.9 Å². The van der Waals surface area contributed by atoms with Crippen LogP contribution in [0.3, 0.4) is 0 Å². The zero-order chi connectivity index (χ0) is 15.4. The minimum atomic E-state index is -0.558. The molecule has 0 atom stereocenters. The summed E-state index contributed by atoms with van der Waals surface area (Å²) in [6.07, 6.45) is 2.56. The first-order chi connectivity index (χ1) is 10.0. The number of hydrogen-bond donors (Lipinski definition) is 2. The molecule has 0 bridgehead atoms. The molecule has 1 amide bonds. The van der Waals surface area contributed by atoms with Crippen molar-refractivity contribution in [2.24, 2.45) is 0 Å². The molecule has 0 aliphatic rings. The monoisotopic (exact) mass is 289 g/mol. The summed E-state index contributed by atoms with van der Waals surface area (Å²) in [5.74, 6) is -0.283. The molecule has 0 aliphatic carbocycles. The first-order valence-corrected chi connectivity index (χ1v) is 5.72. The van der Waals surface area contributed by atoms with Crippen LogP contribution >= 0.6 is 0 Å². The third kappa shape index (κ3) is 3.21.